The lowest BCUT2D eigenvalue weighted by Gasteiger charge is -1.99. The number of hydrogen-bond donors (Lipinski definition) is 0. The van der Waals surface area contributed by atoms with E-state index < -0.39 is 5.91 Å². The predicted octanol–water partition coefficient (Wildman–Crippen LogP) is 1.24. The minimum Gasteiger partial charge on any atom is -0.435 e. The van der Waals surface area contributed by atoms with E-state index in [1.165, 1.54) is 6.21 Å². The van der Waals surface area contributed by atoms with Crippen LogP contribution < -0.4 is 0 Å². The van der Waals surface area contributed by atoms with Crippen molar-refractivity contribution in [1.29, 1.82) is 0 Å². The summed E-state index contributed by atoms with van der Waals surface area (Å²) in [6, 6.07) is 0. The Morgan fingerprint density at radius 3 is 3.00 bits per heavy atom. The van der Waals surface area contributed by atoms with E-state index in [1.807, 2.05) is 6.92 Å². The molecule has 1 aliphatic heterocycles. The van der Waals surface area contributed by atoms with Gasteiger partial charge in [-0.15, -0.1) is 0 Å². The molecule has 0 saturated carbocycles. The molecule has 0 spiro atoms. The first-order valence-corrected chi connectivity index (χ1v) is 5.31. The lowest BCUT2D eigenvalue weighted by molar-refractivity contribution is 0.0974. The summed E-state index contributed by atoms with van der Waals surface area (Å²) in [6.07, 6.45) is 3.70. The molecular weight excluding hydrogens is 220 g/mol. The number of carbonyl (C=O) groups is 1. The Labute approximate surface area is 98.2 Å². The first-order chi connectivity index (χ1) is 8.20. The van der Waals surface area contributed by atoms with Gasteiger partial charge in [-0.25, -0.2) is 9.98 Å². The van der Waals surface area contributed by atoms with Crippen molar-refractivity contribution in [2.24, 2.45) is 15.0 Å². The summed E-state index contributed by atoms with van der Waals surface area (Å²) >= 11 is 0. The molecule has 1 aromatic rings. The van der Waals surface area contributed by atoms with Gasteiger partial charge in [0, 0.05) is 19.4 Å². The molecule has 2 heterocycles. The maximum atomic E-state index is 11.9. The number of rotatable bonds is 2. The zero-order valence-electron chi connectivity index (χ0n) is 9.67. The Morgan fingerprint density at radius 2 is 2.35 bits per heavy atom. The van der Waals surface area contributed by atoms with E-state index in [9.17, 15) is 4.79 Å². The van der Waals surface area contributed by atoms with Gasteiger partial charge in [0.05, 0.1) is 12.2 Å². The van der Waals surface area contributed by atoms with Crippen LogP contribution in [0.2, 0.25) is 0 Å². The van der Waals surface area contributed by atoms with Crippen LogP contribution in [0.1, 0.15) is 29.1 Å². The van der Waals surface area contributed by atoms with Crippen molar-refractivity contribution in [3.8, 4) is 0 Å². The van der Waals surface area contributed by atoms with Gasteiger partial charge in [-0.05, 0) is 6.42 Å². The van der Waals surface area contributed by atoms with Crippen molar-refractivity contribution in [3.63, 3.8) is 0 Å². The second-order valence-corrected chi connectivity index (χ2v) is 3.46. The van der Waals surface area contributed by atoms with Gasteiger partial charge in [-0.3, -0.25) is 9.79 Å². The lowest BCUT2D eigenvalue weighted by Crippen LogP contribution is -2.09. The average molecular weight is 232 g/mol. The van der Waals surface area contributed by atoms with Gasteiger partial charge in [0.1, 0.15) is 0 Å². The molecule has 0 atom stereocenters. The highest BCUT2D eigenvalue weighted by Gasteiger charge is 2.17. The van der Waals surface area contributed by atoms with E-state index >= 15 is 0 Å². The molecule has 1 aromatic heterocycles. The standard InChI is InChI=1S/C11H12N4O2/c1-3-8-10(17-7(2)14-8)11(16)15-9-6-12-4-5-13-9/h4-5H,3,6H2,1-2H3. The summed E-state index contributed by atoms with van der Waals surface area (Å²) < 4.78 is 5.25. The van der Waals surface area contributed by atoms with E-state index in [0.717, 1.165) is 0 Å². The van der Waals surface area contributed by atoms with Crippen molar-refractivity contribution < 1.29 is 9.21 Å². The van der Waals surface area contributed by atoms with Crippen LogP contribution >= 0.6 is 0 Å². The van der Waals surface area contributed by atoms with Gasteiger partial charge in [0.15, 0.2) is 11.7 Å². The number of nitrogens with zero attached hydrogens (tertiary/aromatic N) is 4. The second-order valence-electron chi connectivity index (χ2n) is 3.46. The Morgan fingerprint density at radius 1 is 1.53 bits per heavy atom. The maximum Gasteiger partial charge on any atom is 0.316 e. The number of aromatic nitrogens is 1. The minimum absolute atomic E-state index is 0.197. The minimum atomic E-state index is -0.452. The van der Waals surface area contributed by atoms with Crippen LogP contribution in [-0.2, 0) is 6.42 Å². The maximum absolute atomic E-state index is 11.9. The Balaban J connectivity index is 2.25. The van der Waals surface area contributed by atoms with Crippen LogP contribution in [0.5, 0.6) is 0 Å². The average Bonchev–Trinajstić information content (AvgIpc) is 2.72. The topological polar surface area (TPSA) is 80.2 Å². The monoisotopic (exact) mass is 232 g/mol. The zero-order valence-corrected chi connectivity index (χ0v) is 9.67. The third-order valence-corrected chi connectivity index (χ3v) is 2.19. The van der Waals surface area contributed by atoms with Gasteiger partial charge in [0.2, 0.25) is 5.76 Å². The molecule has 2 rings (SSSR count). The second kappa shape index (κ2) is 4.82. The van der Waals surface area contributed by atoms with Crippen LogP contribution in [-0.4, -0.2) is 35.7 Å². The Kier molecular flexibility index (Phi) is 3.22. The fourth-order valence-electron chi connectivity index (χ4n) is 1.45. The summed E-state index contributed by atoms with van der Waals surface area (Å²) in [5.74, 6) is 0.595. The molecule has 6 nitrogen and oxygen atoms in total. The summed E-state index contributed by atoms with van der Waals surface area (Å²) in [5.41, 5.74) is 0.625. The first-order valence-electron chi connectivity index (χ1n) is 5.31. The molecule has 6 heteroatoms. The van der Waals surface area contributed by atoms with E-state index in [4.69, 9.17) is 4.42 Å². The molecule has 17 heavy (non-hydrogen) atoms. The molecule has 0 unspecified atom stereocenters. The van der Waals surface area contributed by atoms with E-state index in [-0.39, 0.29) is 5.76 Å². The third-order valence-electron chi connectivity index (χ3n) is 2.19. The van der Waals surface area contributed by atoms with Crippen LogP contribution in [0.3, 0.4) is 0 Å². The Bertz CT molecular complexity index is 526. The quantitative estimate of drug-likeness (QED) is 0.769. The summed E-state index contributed by atoms with van der Waals surface area (Å²) in [5, 5.41) is 0. The van der Waals surface area contributed by atoms with Gasteiger partial charge in [-0.1, -0.05) is 6.92 Å². The Hall–Kier alpha value is -2.11. The van der Waals surface area contributed by atoms with Gasteiger partial charge in [0.25, 0.3) is 0 Å². The van der Waals surface area contributed by atoms with Crippen LogP contribution in [0.4, 0.5) is 0 Å². The lowest BCUT2D eigenvalue weighted by atomic mass is 10.3. The normalized spacial score (nSPS) is 16.7. The fraction of sp³-hybridized carbons (Fsp3) is 0.364. The molecule has 0 fully saturated rings. The van der Waals surface area contributed by atoms with Crippen LogP contribution in [0.15, 0.2) is 19.4 Å². The number of aliphatic imine (C=N–C) groups is 3. The van der Waals surface area contributed by atoms with Crippen LogP contribution in [0.25, 0.3) is 0 Å². The van der Waals surface area contributed by atoms with E-state index in [2.05, 4.69) is 20.0 Å². The molecule has 0 radical (unpaired) electrons. The summed E-state index contributed by atoms with van der Waals surface area (Å²) in [4.78, 5) is 27.7. The molecule has 0 bridgehead atoms. The molecular formula is C11H12N4O2. The predicted molar refractivity (Wildman–Crippen MR) is 64.2 cm³/mol. The number of hydrogen-bond acceptors (Lipinski definition) is 4. The van der Waals surface area contributed by atoms with Crippen LogP contribution in [0, 0.1) is 6.92 Å². The van der Waals surface area contributed by atoms with Gasteiger partial charge >= 0.3 is 5.91 Å². The highest BCUT2D eigenvalue weighted by molar-refractivity contribution is 6.22. The van der Waals surface area contributed by atoms with E-state index in [0.29, 0.717) is 30.4 Å². The smallest absolute Gasteiger partial charge is 0.316 e. The number of carbonyl (C=O) groups excluding carboxylic acids is 1. The summed E-state index contributed by atoms with van der Waals surface area (Å²) in [6.45, 7) is 3.92. The van der Waals surface area contributed by atoms with Crippen molar-refractivity contribution in [3.05, 3.63) is 17.3 Å². The third kappa shape index (κ3) is 2.52. The highest BCUT2D eigenvalue weighted by atomic mass is 16.4. The number of amides is 1. The van der Waals surface area contributed by atoms with Crippen molar-refractivity contribution in [2.75, 3.05) is 6.54 Å². The van der Waals surface area contributed by atoms with Crippen molar-refractivity contribution in [1.82, 2.24) is 4.98 Å². The summed E-state index contributed by atoms with van der Waals surface area (Å²) in [7, 11) is 0. The molecule has 0 saturated heterocycles. The molecule has 1 amide bonds. The molecule has 0 aliphatic carbocycles. The largest absolute Gasteiger partial charge is 0.435 e. The number of aryl methyl sites for hydroxylation is 2. The number of oxazole rings is 1. The molecule has 1 aliphatic rings. The highest BCUT2D eigenvalue weighted by Crippen LogP contribution is 2.13. The zero-order chi connectivity index (χ0) is 12.3. The molecule has 88 valence electrons. The SMILES string of the molecule is CCc1nc(C)oc1C(=O)N=C1CN=CC=N1. The first kappa shape index (κ1) is 11.4. The van der Waals surface area contributed by atoms with Gasteiger partial charge < -0.3 is 4.42 Å². The van der Waals surface area contributed by atoms with Crippen molar-refractivity contribution >= 4 is 24.2 Å². The fourth-order valence-corrected chi connectivity index (χ4v) is 1.45. The number of amidine groups is 1. The molecule has 0 aromatic carbocycles. The van der Waals surface area contributed by atoms with Crippen molar-refractivity contribution in [2.45, 2.75) is 20.3 Å². The van der Waals surface area contributed by atoms with Gasteiger partial charge in [-0.2, -0.15) is 4.99 Å². The van der Waals surface area contributed by atoms with E-state index in [1.54, 1.807) is 13.1 Å². The molecule has 0 N–H and O–H groups in total.